The summed E-state index contributed by atoms with van der Waals surface area (Å²) in [6.07, 6.45) is 5.54. The molecule has 0 amide bonds. The third-order valence-electron chi connectivity index (χ3n) is 5.36. The Morgan fingerprint density at radius 1 is 0.724 bits per heavy atom. The van der Waals surface area contributed by atoms with E-state index in [9.17, 15) is 5.11 Å². The third kappa shape index (κ3) is 3.57. The van der Waals surface area contributed by atoms with E-state index in [0.717, 1.165) is 54.2 Å². The van der Waals surface area contributed by atoms with Crippen molar-refractivity contribution in [3.05, 3.63) is 73.2 Å². The van der Waals surface area contributed by atoms with Crippen LogP contribution < -0.4 is 9.80 Å². The first-order chi connectivity index (χ1) is 14.3. The molecule has 4 aromatic rings. The molecule has 0 bridgehead atoms. The minimum Gasteiger partial charge on any atom is -0.508 e. The molecule has 1 fully saturated rings. The van der Waals surface area contributed by atoms with Gasteiger partial charge in [-0.3, -0.25) is 9.97 Å². The van der Waals surface area contributed by atoms with Crippen LogP contribution in [-0.2, 0) is 0 Å². The van der Waals surface area contributed by atoms with Crippen molar-refractivity contribution >= 4 is 22.5 Å². The lowest BCUT2D eigenvalue weighted by Gasteiger charge is -2.36. The Hall–Kier alpha value is -3.67. The normalized spacial score (nSPS) is 14.3. The molecule has 29 heavy (non-hydrogen) atoms. The number of nitrogens with zero attached hydrogens (tertiary/aromatic N) is 5. The van der Waals surface area contributed by atoms with Gasteiger partial charge in [0, 0.05) is 44.3 Å². The van der Waals surface area contributed by atoms with Crippen molar-refractivity contribution in [2.24, 2.45) is 0 Å². The quantitative estimate of drug-likeness (QED) is 0.582. The molecule has 0 radical (unpaired) electrons. The first kappa shape index (κ1) is 17.4. The molecular weight excluding hydrogens is 362 g/mol. The average Bonchev–Trinajstić information content (AvgIpc) is 2.79. The largest absolute Gasteiger partial charge is 0.508 e. The van der Waals surface area contributed by atoms with Crippen LogP contribution in [0.1, 0.15) is 0 Å². The van der Waals surface area contributed by atoms with Crippen molar-refractivity contribution < 1.29 is 5.11 Å². The fourth-order valence-corrected chi connectivity index (χ4v) is 3.74. The molecule has 0 atom stereocenters. The first-order valence-corrected chi connectivity index (χ1v) is 9.72. The first-order valence-electron chi connectivity index (χ1n) is 9.72. The summed E-state index contributed by atoms with van der Waals surface area (Å²) in [6.45, 7) is 3.69. The minimum atomic E-state index is 0.266. The van der Waals surface area contributed by atoms with Gasteiger partial charge in [0.25, 0.3) is 0 Å². The zero-order valence-corrected chi connectivity index (χ0v) is 15.9. The Labute approximate surface area is 169 Å². The maximum Gasteiger partial charge on any atom is 0.147 e. The monoisotopic (exact) mass is 383 g/mol. The highest BCUT2D eigenvalue weighted by Gasteiger charge is 2.19. The lowest BCUT2D eigenvalue weighted by Crippen LogP contribution is -2.46. The van der Waals surface area contributed by atoms with E-state index in [1.165, 1.54) is 5.69 Å². The Kier molecular flexibility index (Phi) is 4.44. The van der Waals surface area contributed by atoms with Crippen LogP contribution in [0.25, 0.3) is 22.2 Å². The molecule has 0 aliphatic carbocycles. The van der Waals surface area contributed by atoms with Crippen molar-refractivity contribution in [2.75, 3.05) is 36.0 Å². The fraction of sp³-hybridized carbons (Fsp3) is 0.174. The van der Waals surface area contributed by atoms with E-state index in [0.29, 0.717) is 0 Å². The number of phenols is 1. The molecule has 0 saturated carbocycles. The summed E-state index contributed by atoms with van der Waals surface area (Å²) in [5.41, 5.74) is 5.08. The predicted molar refractivity (Wildman–Crippen MR) is 115 cm³/mol. The number of aromatic hydroxyl groups is 1. The van der Waals surface area contributed by atoms with Gasteiger partial charge in [0.1, 0.15) is 11.6 Å². The van der Waals surface area contributed by atoms with E-state index in [1.54, 1.807) is 12.1 Å². The van der Waals surface area contributed by atoms with Gasteiger partial charge in [0.2, 0.25) is 0 Å². The van der Waals surface area contributed by atoms with Crippen molar-refractivity contribution in [3.63, 3.8) is 0 Å². The molecule has 1 saturated heterocycles. The molecular formula is C23H21N5O. The van der Waals surface area contributed by atoms with Gasteiger partial charge in [-0.15, -0.1) is 0 Å². The Balaban J connectivity index is 1.37. The lowest BCUT2D eigenvalue weighted by molar-refractivity contribution is 0.475. The third-order valence-corrected chi connectivity index (χ3v) is 5.36. The summed E-state index contributed by atoms with van der Waals surface area (Å²) in [5, 5.41) is 9.51. The summed E-state index contributed by atoms with van der Waals surface area (Å²) in [5.74, 6) is 1.18. The van der Waals surface area contributed by atoms with Gasteiger partial charge in [-0.25, -0.2) is 4.98 Å². The van der Waals surface area contributed by atoms with Gasteiger partial charge >= 0.3 is 0 Å². The van der Waals surface area contributed by atoms with E-state index in [2.05, 4.69) is 38.0 Å². The van der Waals surface area contributed by atoms with E-state index in [1.807, 2.05) is 42.9 Å². The molecule has 6 nitrogen and oxygen atoms in total. The van der Waals surface area contributed by atoms with Crippen molar-refractivity contribution in [1.29, 1.82) is 0 Å². The maximum atomic E-state index is 9.51. The molecule has 5 rings (SSSR count). The number of benzene rings is 2. The molecule has 1 N–H and O–H groups in total. The van der Waals surface area contributed by atoms with Crippen LogP contribution in [0.4, 0.5) is 11.5 Å². The standard InChI is InChI=1S/C23H21N5O/c29-20-4-1-17(2-5-20)18-3-6-21-22(15-18)26-23(16-25-21)28-13-11-27(12-14-28)19-7-9-24-10-8-19/h1-10,15-16,29H,11-14H2. The van der Waals surface area contributed by atoms with Crippen molar-refractivity contribution in [1.82, 2.24) is 15.0 Å². The Morgan fingerprint density at radius 2 is 1.41 bits per heavy atom. The number of anilines is 2. The second-order valence-corrected chi connectivity index (χ2v) is 7.16. The molecule has 2 aromatic carbocycles. The maximum absolute atomic E-state index is 9.51. The summed E-state index contributed by atoms with van der Waals surface area (Å²) in [4.78, 5) is 18.3. The van der Waals surface area contributed by atoms with Crippen molar-refractivity contribution in [2.45, 2.75) is 0 Å². The van der Waals surface area contributed by atoms with Crippen molar-refractivity contribution in [3.8, 4) is 16.9 Å². The van der Waals surface area contributed by atoms with Crippen LogP contribution in [0, 0.1) is 0 Å². The summed E-state index contributed by atoms with van der Waals surface area (Å²) >= 11 is 0. The minimum absolute atomic E-state index is 0.266. The number of aromatic nitrogens is 3. The van der Waals surface area contributed by atoms with Gasteiger partial charge in [-0.05, 0) is 47.5 Å². The van der Waals surface area contributed by atoms with Crippen LogP contribution in [0.15, 0.2) is 73.2 Å². The second-order valence-electron chi connectivity index (χ2n) is 7.16. The van der Waals surface area contributed by atoms with Crippen LogP contribution in [0.5, 0.6) is 5.75 Å². The van der Waals surface area contributed by atoms with E-state index < -0.39 is 0 Å². The molecule has 1 aliphatic heterocycles. The van der Waals surface area contributed by atoms with E-state index >= 15 is 0 Å². The number of hydrogen-bond donors (Lipinski definition) is 1. The Bertz CT molecular complexity index is 1120. The molecule has 144 valence electrons. The zero-order chi connectivity index (χ0) is 19.6. The van der Waals surface area contributed by atoms with Gasteiger partial charge in [0.05, 0.1) is 17.2 Å². The number of fused-ring (bicyclic) bond motifs is 1. The molecule has 3 heterocycles. The average molecular weight is 383 g/mol. The SMILES string of the molecule is Oc1ccc(-c2ccc3ncc(N4CCN(c5ccncc5)CC4)nc3c2)cc1. The van der Waals surface area contributed by atoms with Crippen LogP contribution in [0.2, 0.25) is 0 Å². The zero-order valence-electron chi connectivity index (χ0n) is 15.9. The molecule has 0 unspecified atom stereocenters. The number of phenolic OH excluding ortho intramolecular Hbond substituents is 1. The van der Waals surface area contributed by atoms with Gasteiger partial charge in [0.15, 0.2) is 0 Å². The number of hydrogen-bond acceptors (Lipinski definition) is 6. The highest BCUT2D eigenvalue weighted by Crippen LogP contribution is 2.26. The molecule has 6 heteroatoms. The van der Waals surface area contributed by atoms with Crippen LogP contribution in [0.3, 0.4) is 0 Å². The van der Waals surface area contributed by atoms with Crippen LogP contribution >= 0.6 is 0 Å². The highest BCUT2D eigenvalue weighted by atomic mass is 16.3. The Morgan fingerprint density at radius 3 is 2.17 bits per heavy atom. The van der Waals surface area contributed by atoms with Gasteiger partial charge in [-0.2, -0.15) is 0 Å². The molecule has 0 spiro atoms. The fourth-order valence-electron chi connectivity index (χ4n) is 3.74. The highest BCUT2D eigenvalue weighted by molar-refractivity contribution is 5.82. The molecule has 1 aliphatic rings. The summed E-state index contributed by atoms with van der Waals surface area (Å²) < 4.78 is 0. The molecule has 2 aromatic heterocycles. The number of piperazine rings is 1. The number of rotatable bonds is 3. The van der Waals surface area contributed by atoms with Gasteiger partial charge < -0.3 is 14.9 Å². The number of pyridine rings is 1. The van der Waals surface area contributed by atoms with E-state index in [-0.39, 0.29) is 5.75 Å². The summed E-state index contributed by atoms with van der Waals surface area (Å²) in [6, 6.07) is 17.4. The second kappa shape index (κ2) is 7.39. The predicted octanol–water partition coefficient (Wildman–Crippen LogP) is 3.72. The topological polar surface area (TPSA) is 65.4 Å². The smallest absolute Gasteiger partial charge is 0.147 e. The summed E-state index contributed by atoms with van der Waals surface area (Å²) in [7, 11) is 0. The van der Waals surface area contributed by atoms with Crippen LogP contribution in [-0.4, -0.2) is 46.2 Å². The van der Waals surface area contributed by atoms with E-state index in [4.69, 9.17) is 4.98 Å². The lowest BCUT2D eigenvalue weighted by atomic mass is 10.0. The van der Waals surface area contributed by atoms with Gasteiger partial charge in [-0.1, -0.05) is 18.2 Å².